The molecule has 0 aliphatic rings. The molecular weight excluding hydrogens is 336 g/mol. The number of carbonyl (C=O) groups is 1. The van der Waals surface area contributed by atoms with Crippen LogP contribution in [0.15, 0.2) is 30.6 Å². The first-order valence-electron chi connectivity index (χ1n) is 8.07. The fraction of sp³-hybridized carbons (Fsp3) is 0.294. The molecule has 0 saturated heterocycles. The van der Waals surface area contributed by atoms with Gasteiger partial charge in [-0.25, -0.2) is 9.78 Å². The Bertz CT molecular complexity index is 937. The Kier molecular flexibility index (Phi) is 4.87. The monoisotopic (exact) mass is 356 g/mol. The predicted molar refractivity (Wildman–Crippen MR) is 97.0 cm³/mol. The highest BCUT2D eigenvalue weighted by atomic mass is 16.6. The van der Waals surface area contributed by atoms with Gasteiger partial charge in [0.1, 0.15) is 5.75 Å². The zero-order valence-corrected chi connectivity index (χ0v) is 15.0. The van der Waals surface area contributed by atoms with Gasteiger partial charge in [-0.1, -0.05) is 6.07 Å². The lowest BCUT2D eigenvalue weighted by Crippen LogP contribution is -2.19. The van der Waals surface area contributed by atoms with Gasteiger partial charge in [0.2, 0.25) is 11.6 Å². The molecule has 0 unspecified atom stereocenters. The number of methoxy groups -OCH3 is 1. The van der Waals surface area contributed by atoms with E-state index in [1.165, 1.54) is 0 Å². The summed E-state index contributed by atoms with van der Waals surface area (Å²) in [5.41, 5.74) is 2.28. The minimum Gasteiger partial charge on any atom is -0.495 e. The van der Waals surface area contributed by atoms with Crippen LogP contribution in [-0.4, -0.2) is 38.9 Å². The van der Waals surface area contributed by atoms with Gasteiger partial charge in [0.15, 0.2) is 5.82 Å². The third-order valence-electron chi connectivity index (χ3n) is 3.49. The molecular formula is C17H20N6O3. The number of benzene rings is 1. The average molecular weight is 356 g/mol. The van der Waals surface area contributed by atoms with Crippen LogP contribution in [0.1, 0.15) is 19.4 Å². The average Bonchev–Trinajstić information content (AvgIpc) is 2.99. The number of carbonyl (C=O) groups excluding carboxylic acids is 1. The summed E-state index contributed by atoms with van der Waals surface area (Å²) in [6.07, 6.45) is 2.40. The van der Waals surface area contributed by atoms with Crippen molar-refractivity contribution in [2.24, 2.45) is 0 Å². The molecule has 0 bridgehead atoms. The Hall–Kier alpha value is -3.36. The van der Waals surface area contributed by atoms with Crippen molar-refractivity contribution in [1.29, 1.82) is 0 Å². The molecule has 9 heteroatoms. The normalized spacial score (nSPS) is 10.8. The molecule has 2 heterocycles. The van der Waals surface area contributed by atoms with Gasteiger partial charge in [0, 0.05) is 12.4 Å². The first-order chi connectivity index (χ1) is 12.5. The molecule has 136 valence electrons. The van der Waals surface area contributed by atoms with Crippen LogP contribution in [-0.2, 0) is 4.74 Å². The summed E-state index contributed by atoms with van der Waals surface area (Å²) in [5.74, 6) is 1.41. The maximum absolute atomic E-state index is 11.8. The molecule has 0 fully saturated rings. The third kappa shape index (κ3) is 3.66. The lowest BCUT2D eigenvalue weighted by molar-refractivity contribution is 0.129. The second-order valence-electron chi connectivity index (χ2n) is 5.90. The van der Waals surface area contributed by atoms with Gasteiger partial charge < -0.3 is 14.8 Å². The molecule has 0 radical (unpaired) electrons. The number of ether oxygens (including phenoxy) is 2. The lowest BCUT2D eigenvalue weighted by atomic mass is 10.2. The van der Waals surface area contributed by atoms with Crippen LogP contribution in [0.3, 0.4) is 0 Å². The molecule has 0 aliphatic carbocycles. The Morgan fingerprint density at radius 3 is 2.81 bits per heavy atom. The molecule has 3 rings (SSSR count). The van der Waals surface area contributed by atoms with Gasteiger partial charge in [-0.3, -0.25) is 9.72 Å². The molecule has 0 saturated carbocycles. The smallest absolute Gasteiger partial charge is 0.414 e. The quantitative estimate of drug-likeness (QED) is 0.724. The van der Waals surface area contributed by atoms with Crippen molar-refractivity contribution in [2.75, 3.05) is 17.7 Å². The summed E-state index contributed by atoms with van der Waals surface area (Å²) in [5, 5.41) is 13.8. The van der Waals surface area contributed by atoms with Crippen molar-refractivity contribution >= 4 is 29.2 Å². The van der Waals surface area contributed by atoms with E-state index in [0.717, 1.165) is 11.3 Å². The molecule has 9 nitrogen and oxygen atoms in total. The number of fused-ring (bicyclic) bond motifs is 1. The van der Waals surface area contributed by atoms with E-state index in [2.05, 4.69) is 25.8 Å². The highest BCUT2D eigenvalue weighted by Crippen LogP contribution is 2.29. The van der Waals surface area contributed by atoms with Crippen LogP contribution in [0.4, 0.5) is 22.2 Å². The lowest BCUT2D eigenvalue weighted by Gasteiger charge is -2.12. The number of aryl methyl sites for hydroxylation is 1. The van der Waals surface area contributed by atoms with Crippen molar-refractivity contribution in [3.05, 3.63) is 36.2 Å². The van der Waals surface area contributed by atoms with E-state index in [-0.39, 0.29) is 12.1 Å². The van der Waals surface area contributed by atoms with Crippen LogP contribution in [0.2, 0.25) is 0 Å². The van der Waals surface area contributed by atoms with Gasteiger partial charge in [-0.2, -0.15) is 0 Å². The van der Waals surface area contributed by atoms with Gasteiger partial charge >= 0.3 is 6.09 Å². The highest BCUT2D eigenvalue weighted by molar-refractivity contribution is 5.83. The van der Waals surface area contributed by atoms with E-state index in [0.29, 0.717) is 17.2 Å². The largest absolute Gasteiger partial charge is 0.495 e. The molecule has 1 amide bonds. The second-order valence-corrected chi connectivity index (χ2v) is 5.90. The zero-order valence-electron chi connectivity index (χ0n) is 15.0. The van der Waals surface area contributed by atoms with Crippen molar-refractivity contribution in [3.63, 3.8) is 0 Å². The number of hydrogen-bond donors (Lipinski definition) is 2. The Labute approximate surface area is 150 Å². The molecule has 3 aromatic rings. The van der Waals surface area contributed by atoms with Crippen LogP contribution in [0.5, 0.6) is 5.75 Å². The van der Waals surface area contributed by atoms with Crippen molar-refractivity contribution < 1.29 is 14.3 Å². The van der Waals surface area contributed by atoms with Gasteiger partial charge in [-0.05, 0) is 38.5 Å². The van der Waals surface area contributed by atoms with Gasteiger partial charge in [0.05, 0.1) is 18.9 Å². The van der Waals surface area contributed by atoms with E-state index in [9.17, 15) is 4.79 Å². The number of nitrogens with one attached hydrogen (secondary N) is 2. The van der Waals surface area contributed by atoms with E-state index in [1.807, 2.05) is 25.1 Å². The van der Waals surface area contributed by atoms with E-state index in [1.54, 1.807) is 37.8 Å². The van der Waals surface area contributed by atoms with Crippen LogP contribution < -0.4 is 15.4 Å². The molecule has 0 spiro atoms. The van der Waals surface area contributed by atoms with Crippen molar-refractivity contribution in [2.45, 2.75) is 26.9 Å². The molecule has 0 aliphatic heterocycles. The zero-order chi connectivity index (χ0) is 18.7. The number of anilines is 3. The minimum atomic E-state index is -0.596. The maximum atomic E-state index is 11.8. The predicted octanol–water partition coefficient (Wildman–Crippen LogP) is 3.14. The maximum Gasteiger partial charge on any atom is 0.414 e. The molecule has 26 heavy (non-hydrogen) atoms. The van der Waals surface area contributed by atoms with Crippen LogP contribution in [0.25, 0.3) is 5.65 Å². The van der Waals surface area contributed by atoms with Crippen LogP contribution >= 0.6 is 0 Å². The molecule has 1 aromatic carbocycles. The van der Waals surface area contributed by atoms with Gasteiger partial charge in [0.25, 0.3) is 0 Å². The summed E-state index contributed by atoms with van der Waals surface area (Å²) in [6.45, 7) is 5.52. The Morgan fingerprint density at radius 1 is 1.27 bits per heavy atom. The fourth-order valence-electron chi connectivity index (χ4n) is 2.36. The van der Waals surface area contributed by atoms with Gasteiger partial charge in [-0.15, -0.1) is 10.2 Å². The number of amides is 1. The molecule has 0 atom stereocenters. The number of aromatic nitrogens is 4. The fourth-order valence-corrected chi connectivity index (χ4v) is 2.36. The Balaban J connectivity index is 1.90. The molecule has 2 N–H and O–H groups in total. The topological polar surface area (TPSA) is 103 Å². The second kappa shape index (κ2) is 7.26. The van der Waals surface area contributed by atoms with Crippen LogP contribution in [0, 0.1) is 6.92 Å². The summed E-state index contributed by atoms with van der Waals surface area (Å²) >= 11 is 0. The van der Waals surface area contributed by atoms with Crippen molar-refractivity contribution in [1.82, 2.24) is 19.6 Å². The summed E-state index contributed by atoms with van der Waals surface area (Å²) < 4.78 is 12.1. The highest BCUT2D eigenvalue weighted by Gasteiger charge is 2.15. The molecule has 2 aromatic heterocycles. The summed E-state index contributed by atoms with van der Waals surface area (Å²) in [6, 6.07) is 5.78. The SMILES string of the molecule is COc1cc(C)ccc1Nc1nccn2c(NC(=O)OC(C)C)nnc12. The standard InChI is InChI=1S/C17H20N6O3/c1-10(2)26-17(24)20-16-22-21-15-14(18-7-8-23(15)16)19-12-6-5-11(3)9-13(12)25-4/h5-10H,1-4H3,(H,18,19)(H,20,22,24). The summed E-state index contributed by atoms with van der Waals surface area (Å²) in [7, 11) is 1.60. The van der Waals surface area contributed by atoms with E-state index < -0.39 is 6.09 Å². The third-order valence-corrected chi connectivity index (χ3v) is 3.49. The Morgan fingerprint density at radius 2 is 2.08 bits per heavy atom. The van der Waals surface area contributed by atoms with E-state index in [4.69, 9.17) is 9.47 Å². The first kappa shape index (κ1) is 17.5. The minimum absolute atomic E-state index is 0.234. The number of rotatable bonds is 5. The van der Waals surface area contributed by atoms with E-state index >= 15 is 0 Å². The first-order valence-corrected chi connectivity index (χ1v) is 8.07. The van der Waals surface area contributed by atoms with Crippen molar-refractivity contribution in [3.8, 4) is 5.75 Å². The number of hydrogen-bond acceptors (Lipinski definition) is 7. The number of nitrogens with zero attached hydrogens (tertiary/aromatic N) is 4. The summed E-state index contributed by atoms with van der Waals surface area (Å²) in [4.78, 5) is 16.1.